The van der Waals surface area contributed by atoms with Crippen LogP contribution in [0.15, 0.2) is 24.3 Å². The van der Waals surface area contributed by atoms with Gasteiger partial charge in [0.2, 0.25) is 5.88 Å². The number of aromatic nitrogens is 1. The minimum atomic E-state index is -0.458. The summed E-state index contributed by atoms with van der Waals surface area (Å²) >= 11 is 0. The number of benzene rings is 1. The number of nitrogens with two attached hydrogens (primary N) is 1. The Labute approximate surface area is 93.6 Å². The molecule has 0 radical (unpaired) electrons. The summed E-state index contributed by atoms with van der Waals surface area (Å²) in [6.07, 6.45) is 0. The van der Waals surface area contributed by atoms with E-state index in [0.717, 1.165) is 10.9 Å². The van der Waals surface area contributed by atoms with Crippen LogP contribution in [0.3, 0.4) is 0 Å². The maximum atomic E-state index is 11.5. The van der Waals surface area contributed by atoms with Gasteiger partial charge in [-0.3, -0.25) is 4.79 Å². The second kappa shape index (κ2) is 3.89. The average molecular weight is 218 g/mol. The standard InChI is InChI=1S/C12H14N2O2/c1-3-16-12-10(11(13)15)8-6-4-5-7-9(8)14(12)2/h4-7H,3H2,1-2H3,(H2,13,15). The summed E-state index contributed by atoms with van der Waals surface area (Å²) in [5.41, 5.74) is 6.79. The zero-order valence-corrected chi connectivity index (χ0v) is 9.36. The van der Waals surface area contributed by atoms with Crippen LogP contribution in [-0.4, -0.2) is 17.1 Å². The van der Waals surface area contributed by atoms with Gasteiger partial charge in [0.15, 0.2) is 0 Å². The summed E-state index contributed by atoms with van der Waals surface area (Å²) in [5.74, 6) is 0.0800. The fraction of sp³-hybridized carbons (Fsp3) is 0.250. The van der Waals surface area contributed by atoms with Crippen LogP contribution in [0.1, 0.15) is 17.3 Å². The monoisotopic (exact) mass is 218 g/mol. The van der Waals surface area contributed by atoms with Crippen LogP contribution in [-0.2, 0) is 7.05 Å². The van der Waals surface area contributed by atoms with E-state index >= 15 is 0 Å². The van der Waals surface area contributed by atoms with Crippen molar-refractivity contribution < 1.29 is 9.53 Å². The van der Waals surface area contributed by atoms with E-state index < -0.39 is 5.91 Å². The Kier molecular flexibility index (Phi) is 2.56. The third kappa shape index (κ3) is 1.43. The molecule has 84 valence electrons. The largest absolute Gasteiger partial charge is 0.479 e. The van der Waals surface area contributed by atoms with Gasteiger partial charge in [0.1, 0.15) is 5.56 Å². The van der Waals surface area contributed by atoms with Gasteiger partial charge in [0, 0.05) is 12.4 Å². The minimum Gasteiger partial charge on any atom is -0.479 e. The quantitative estimate of drug-likeness (QED) is 0.852. The van der Waals surface area contributed by atoms with E-state index in [1.807, 2.05) is 42.8 Å². The van der Waals surface area contributed by atoms with Gasteiger partial charge >= 0.3 is 0 Å². The number of ether oxygens (including phenoxy) is 1. The number of hydrogen-bond acceptors (Lipinski definition) is 2. The Bertz CT molecular complexity index is 543. The first-order valence-electron chi connectivity index (χ1n) is 5.16. The van der Waals surface area contributed by atoms with E-state index in [9.17, 15) is 4.79 Å². The van der Waals surface area contributed by atoms with Crippen LogP contribution in [0, 0.1) is 0 Å². The first kappa shape index (κ1) is 10.5. The SMILES string of the molecule is CCOc1c(C(N)=O)c2ccccc2n1C. The lowest BCUT2D eigenvalue weighted by Gasteiger charge is -2.05. The maximum absolute atomic E-state index is 11.5. The van der Waals surface area contributed by atoms with Gasteiger partial charge in [0.05, 0.1) is 12.1 Å². The lowest BCUT2D eigenvalue weighted by molar-refractivity contribution is 0.0997. The third-order valence-electron chi connectivity index (χ3n) is 2.58. The van der Waals surface area contributed by atoms with Crippen molar-refractivity contribution in [2.75, 3.05) is 6.61 Å². The van der Waals surface area contributed by atoms with Crippen LogP contribution in [0.2, 0.25) is 0 Å². The summed E-state index contributed by atoms with van der Waals surface area (Å²) in [6.45, 7) is 2.38. The molecule has 1 aromatic heterocycles. The Morgan fingerprint density at radius 2 is 2.12 bits per heavy atom. The predicted molar refractivity (Wildman–Crippen MR) is 62.6 cm³/mol. The fourth-order valence-corrected chi connectivity index (χ4v) is 1.91. The van der Waals surface area contributed by atoms with Crippen molar-refractivity contribution in [3.8, 4) is 5.88 Å². The molecule has 4 heteroatoms. The zero-order chi connectivity index (χ0) is 11.7. The lowest BCUT2D eigenvalue weighted by atomic mass is 10.1. The van der Waals surface area contributed by atoms with Crippen LogP contribution >= 0.6 is 0 Å². The Hall–Kier alpha value is -1.97. The number of primary amides is 1. The molecule has 0 atom stereocenters. The molecule has 2 N–H and O–H groups in total. The summed E-state index contributed by atoms with van der Waals surface area (Å²) in [7, 11) is 1.86. The number of para-hydroxylation sites is 1. The molecular weight excluding hydrogens is 204 g/mol. The van der Waals surface area contributed by atoms with E-state index in [-0.39, 0.29) is 0 Å². The molecule has 0 saturated heterocycles. The van der Waals surface area contributed by atoms with Gasteiger partial charge in [-0.15, -0.1) is 0 Å². The summed E-state index contributed by atoms with van der Waals surface area (Å²) in [4.78, 5) is 11.5. The molecule has 0 aliphatic rings. The number of carbonyl (C=O) groups excluding carboxylic acids is 1. The molecule has 4 nitrogen and oxygen atoms in total. The van der Waals surface area contributed by atoms with E-state index in [1.54, 1.807) is 0 Å². The Morgan fingerprint density at radius 3 is 2.75 bits per heavy atom. The van der Waals surface area contributed by atoms with Crippen LogP contribution in [0.25, 0.3) is 10.9 Å². The minimum absolute atomic E-state index is 0.458. The average Bonchev–Trinajstić information content (AvgIpc) is 2.54. The van der Waals surface area contributed by atoms with Crippen molar-refractivity contribution >= 4 is 16.8 Å². The molecule has 1 amide bonds. The third-order valence-corrected chi connectivity index (χ3v) is 2.58. The molecule has 0 fully saturated rings. The summed E-state index contributed by atoms with van der Waals surface area (Å²) < 4.78 is 7.32. The van der Waals surface area contributed by atoms with Gasteiger partial charge in [-0.1, -0.05) is 18.2 Å². The second-order valence-electron chi connectivity index (χ2n) is 3.55. The summed E-state index contributed by atoms with van der Waals surface area (Å²) in [6, 6.07) is 7.61. The van der Waals surface area contributed by atoms with Crippen molar-refractivity contribution in [3.05, 3.63) is 29.8 Å². The van der Waals surface area contributed by atoms with Crippen molar-refractivity contribution in [1.82, 2.24) is 4.57 Å². The summed E-state index contributed by atoms with van der Waals surface area (Å²) in [5, 5.41) is 0.834. The van der Waals surface area contributed by atoms with E-state index in [1.165, 1.54) is 0 Å². The lowest BCUT2D eigenvalue weighted by Crippen LogP contribution is -2.13. The molecule has 0 aliphatic carbocycles. The highest BCUT2D eigenvalue weighted by molar-refractivity contribution is 6.09. The molecule has 1 heterocycles. The van der Waals surface area contributed by atoms with Gasteiger partial charge in [-0.25, -0.2) is 0 Å². The molecule has 2 rings (SSSR count). The number of carbonyl (C=O) groups is 1. The van der Waals surface area contributed by atoms with Crippen LogP contribution in [0.5, 0.6) is 5.88 Å². The van der Waals surface area contributed by atoms with Crippen LogP contribution in [0.4, 0.5) is 0 Å². The van der Waals surface area contributed by atoms with Gasteiger partial charge in [-0.2, -0.15) is 0 Å². The number of nitrogens with zero attached hydrogens (tertiary/aromatic N) is 1. The predicted octanol–water partition coefficient (Wildman–Crippen LogP) is 1.68. The second-order valence-corrected chi connectivity index (χ2v) is 3.55. The normalized spacial score (nSPS) is 10.6. The number of amides is 1. The van der Waals surface area contributed by atoms with E-state index in [0.29, 0.717) is 18.1 Å². The van der Waals surface area contributed by atoms with E-state index in [2.05, 4.69) is 0 Å². The van der Waals surface area contributed by atoms with Crippen molar-refractivity contribution in [2.24, 2.45) is 12.8 Å². The highest BCUT2D eigenvalue weighted by Gasteiger charge is 2.19. The number of hydrogen-bond donors (Lipinski definition) is 1. The zero-order valence-electron chi connectivity index (χ0n) is 9.36. The van der Waals surface area contributed by atoms with E-state index in [4.69, 9.17) is 10.5 Å². The van der Waals surface area contributed by atoms with Gasteiger partial charge < -0.3 is 15.0 Å². The smallest absolute Gasteiger partial charge is 0.254 e. The molecule has 2 aromatic rings. The Balaban J connectivity index is 2.80. The van der Waals surface area contributed by atoms with Crippen molar-refractivity contribution in [3.63, 3.8) is 0 Å². The molecule has 1 aromatic carbocycles. The maximum Gasteiger partial charge on any atom is 0.254 e. The fourth-order valence-electron chi connectivity index (χ4n) is 1.91. The van der Waals surface area contributed by atoms with Crippen LogP contribution < -0.4 is 10.5 Å². The topological polar surface area (TPSA) is 57.2 Å². The highest BCUT2D eigenvalue weighted by atomic mass is 16.5. The number of rotatable bonds is 3. The Morgan fingerprint density at radius 1 is 1.44 bits per heavy atom. The molecule has 16 heavy (non-hydrogen) atoms. The number of fused-ring (bicyclic) bond motifs is 1. The molecular formula is C12H14N2O2. The van der Waals surface area contributed by atoms with Crippen molar-refractivity contribution in [2.45, 2.75) is 6.92 Å². The highest BCUT2D eigenvalue weighted by Crippen LogP contribution is 2.30. The first-order valence-corrected chi connectivity index (χ1v) is 5.16. The molecule has 0 spiro atoms. The molecule has 0 saturated carbocycles. The van der Waals surface area contributed by atoms with Gasteiger partial charge in [0.25, 0.3) is 5.91 Å². The van der Waals surface area contributed by atoms with Gasteiger partial charge in [-0.05, 0) is 13.0 Å². The molecule has 0 unspecified atom stereocenters. The number of aryl methyl sites for hydroxylation is 1. The first-order chi connectivity index (χ1) is 7.66. The molecule has 0 bridgehead atoms. The van der Waals surface area contributed by atoms with Crippen molar-refractivity contribution in [1.29, 1.82) is 0 Å². The molecule has 0 aliphatic heterocycles.